The third kappa shape index (κ3) is 4.93. The van der Waals surface area contributed by atoms with Crippen LogP contribution in [0.25, 0.3) is 0 Å². The molecule has 0 heterocycles. The standard InChI is InChI=1S/C18H22N2O2S/c1-3-4-10-18(16-8-6-5-7-9-16)19-20-23(21,22)17-13-11-15(2)12-14-17/h5-9,11-14,20H,3-4,10H2,1-2H3. The molecule has 2 aromatic carbocycles. The number of nitrogens with one attached hydrogen (secondary N) is 1. The second kappa shape index (κ2) is 7.92. The Balaban J connectivity index is 2.23. The van der Waals surface area contributed by atoms with Gasteiger partial charge in [-0.25, -0.2) is 0 Å². The summed E-state index contributed by atoms with van der Waals surface area (Å²) in [6.07, 6.45) is 2.72. The normalized spacial score (nSPS) is 12.2. The largest absolute Gasteiger partial charge is 0.276 e. The van der Waals surface area contributed by atoms with Crippen LogP contribution in [0.15, 0.2) is 64.6 Å². The molecular formula is C18H22N2O2S. The molecule has 0 aliphatic heterocycles. The first-order valence-corrected chi connectivity index (χ1v) is 9.21. The number of hydrazone groups is 1. The van der Waals surface area contributed by atoms with Gasteiger partial charge >= 0.3 is 0 Å². The number of benzene rings is 2. The van der Waals surface area contributed by atoms with Crippen LogP contribution in [-0.4, -0.2) is 14.1 Å². The molecule has 0 saturated heterocycles. The molecule has 0 spiro atoms. The Bertz CT molecular complexity index is 751. The Morgan fingerprint density at radius 3 is 2.30 bits per heavy atom. The van der Waals surface area contributed by atoms with Gasteiger partial charge in [0.05, 0.1) is 10.6 Å². The van der Waals surface area contributed by atoms with Gasteiger partial charge in [0, 0.05) is 0 Å². The van der Waals surface area contributed by atoms with Crippen molar-refractivity contribution >= 4 is 15.7 Å². The zero-order valence-electron chi connectivity index (χ0n) is 13.5. The SMILES string of the molecule is CCCCC(=NNS(=O)(=O)c1ccc(C)cc1)c1ccccc1. The molecular weight excluding hydrogens is 308 g/mol. The molecule has 0 amide bonds. The minimum absolute atomic E-state index is 0.217. The molecule has 0 bridgehead atoms. The van der Waals surface area contributed by atoms with Crippen LogP contribution in [0.4, 0.5) is 0 Å². The minimum atomic E-state index is -3.64. The fourth-order valence-corrected chi connectivity index (χ4v) is 2.96. The average Bonchev–Trinajstić information content (AvgIpc) is 2.56. The monoisotopic (exact) mass is 330 g/mol. The molecule has 2 rings (SSSR count). The summed E-state index contributed by atoms with van der Waals surface area (Å²) >= 11 is 0. The van der Waals surface area contributed by atoms with Crippen LogP contribution in [0.5, 0.6) is 0 Å². The lowest BCUT2D eigenvalue weighted by molar-refractivity contribution is 0.584. The molecule has 0 radical (unpaired) electrons. The molecule has 1 N–H and O–H groups in total. The maximum atomic E-state index is 12.3. The Kier molecular flexibility index (Phi) is 5.93. The van der Waals surface area contributed by atoms with E-state index in [-0.39, 0.29) is 4.90 Å². The average molecular weight is 330 g/mol. The van der Waals surface area contributed by atoms with Gasteiger partial charge in [-0.2, -0.15) is 18.4 Å². The molecule has 23 heavy (non-hydrogen) atoms. The van der Waals surface area contributed by atoms with Crippen LogP contribution in [0.2, 0.25) is 0 Å². The van der Waals surface area contributed by atoms with Crippen molar-refractivity contribution in [1.29, 1.82) is 0 Å². The van der Waals surface area contributed by atoms with Crippen molar-refractivity contribution < 1.29 is 8.42 Å². The minimum Gasteiger partial charge on any atom is -0.200 e. The number of sulfonamides is 1. The van der Waals surface area contributed by atoms with E-state index >= 15 is 0 Å². The van der Waals surface area contributed by atoms with Gasteiger partial charge in [0.25, 0.3) is 10.0 Å². The smallest absolute Gasteiger partial charge is 0.200 e. The van der Waals surface area contributed by atoms with Crippen LogP contribution in [0.1, 0.15) is 37.3 Å². The zero-order valence-corrected chi connectivity index (χ0v) is 14.3. The molecule has 0 saturated carbocycles. The fraction of sp³-hybridized carbons (Fsp3) is 0.278. The highest BCUT2D eigenvalue weighted by molar-refractivity contribution is 7.89. The fourth-order valence-electron chi connectivity index (χ4n) is 2.12. The molecule has 0 atom stereocenters. The van der Waals surface area contributed by atoms with Crippen molar-refractivity contribution in [3.8, 4) is 0 Å². The zero-order chi connectivity index (χ0) is 16.7. The second-order valence-electron chi connectivity index (χ2n) is 5.44. The molecule has 122 valence electrons. The van der Waals surface area contributed by atoms with Crippen molar-refractivity contribution in [1.82, 2.24) is 4.83 Å². The van der Waals surface area contributed by atoms with E-state index in [1.54, 1.807) is 24.3 Å². The molecule has 0 aromatic heterocycles. The van der Waals surface area contributed by atoms with Gasteiger partial charge in [-0.1, -0.05) is 61.4 Å². The van der Waals surface area contributed by atoms with E-state index in [1.165, 1.54) is 0 Å². The highest BCUT2D eigenvalue weighted by Crippen LogP contribution is 2.12. The van der Waals surface area contributed by atoms with Crippen molar-refractivity contribution in [3.05, 3.63) is 65.7 Å². The Labute approximate surface area is 138 Å². The van der Waals surface area contributed by atoms with E-state index < -0.39 is 10.0 Å². The number of unbranched alkanes of at least 4 members (excludes halogenated alkanes) is 1. The van der Waals surface area contributed by atoms with Crippen molar-refractivity contribution in [2.45, 2.75) is 38.0 Å². The van der Waals surface area contributed by atoms with Gasteiger partial charge in [0.2, 0.25) is 0 Å². The molecule has 0 fully saturated rings. The summed E-state index contributed by atoms with van der Waals surface area (Å²) in [7, 11) is -3.64. The van der Waals surface area contributed by atoms with Crippen molar-refractivity contribution in [2.24, 2.45) is 5.10 Å². The number of hydrogen-bond acceptors (Lipinski definition) is 3. The van der Waals surface area contributed by atoms with E-state index in [2.05, 4.69) is 16.9 Å². The van der Waals surface area contributed by atoms with Crippen LogP contribution in [-0.2, 0) is 10.0 Å². The molecule has 5 heteroatoms. The van der Waals surface area contributed by atoms with Gasteiger partial charge in [-0.15, -0.1) is 0 Å². The molecule has 0 aliphatic rings. The van der Waals surface area contributed by atoms with E-state index in [0.29, 0.717) is 0 Å². The molecule has 0 unspecified atom stereocenters. The maximum absolute atomic E-state index is 12.3. The van der Waals surface area contributed by atoms with Crippen LogP contribution < -0.4 is 4.83 Å². The van der Waals surface area contributed by atoms with Gasteiger partial charge in [0.1, 0.15) is 0 Å². The van der Waals surface area contributed by atoms with Crippen LogP contribution in [0.3, 0.4) is 0 Å². The first kappa shape index (κ1) is 17.2. The van der Waals surface area contributed by atoms with Crippen molar-refractivity contribution in [3.63, 3.8) is 0 Å². The highest BCUT2D eigenvalue weighted by atomic mass is 32.2. The molecule has 0 aliphatic carbocycles. The molecule has 4 nitrogen and oxygen atoms in total. The Hall–Kier alpha value is -2.14. The predicted molar refractivity (Wildman–Crippen MR) is 94.0 cm³/mol. The van der Waals surface area contributed by atoms with E-state index in [0.717, 1.165) is 36.1 Å². The topological polar surface area (TPSA) is 58.5 Å². The predicted octanol–water partition coefficient (Wildman–Crippen LogP) is 3.87. The summed E-state index contributed by atoms with van der Waals surface area (Å²) < 4.78 is 24.7. The van der Waals surface area contributed by atoms with E-state index in [1.807, 2.05) is 37.3 Å². The van der Waals surface area contributed by atoms with Crippen molar-refractivity contribution in [2.75, 3.05) is 0 Å². The quantitative estimate of drug-likeness (QED) is 0.619. The molecule has 2 aromatic rings. The summed E-state index contributed by atoms with van der Waals surface area (Å²) in [5, 5.41) is 4.18. The van der Waals surface area contributed by atoms with Crippen LogP contribution in [0, 0.1) is 6.92 Å². The van der Waals surface area contributed by atoms with Crippen LogP contribution >= 0.6 is 0 Å². The summed E-state index contributed by atoms with van der Waals surface area (Å²) in [6, 6.07) is 16.4. The Morgan fingerprint density at radius 2 is 1.70 bits per heavy atom. The lowest BCUT2D eigenvalue weighted by Gasteiger charge is -2.08. The maximum Gasteiger partial charge on any atom is 0.276 e. The summed E-state index contributed by atoms with van der Waals surface area (Å²) in [6.45, 7) is 4.01. The lowest BCUT2D eigenvalue weighted by Crippen LogP contribution is -2.20. The van der Waals surface area contributed by atoms with Gasteiger partial charge in [0.15, 0.2) is 0 Å². The summed E-state index contributed by atoms with van der Waals surface area (Å²) in [5.74, 6) is 0. The van der Waals surface area contributed by atoms with Gasteiger partial charge in [-0.3, -0.25) is 0 Å². The van der Waals surface area contributed by atoms with Gasteiger partial charge in [-0.05, 0) is 37.5 Å². The summed E-state index contributed by atoms with van der Waals surface area (Å²) in [5.41, 5.74) is 2.70. The van der Waals surface area contributed by atoms with Gasteiger partial charge < -0.3 is 0 Å². The lowest BCUT2D eigenvalue weighted by atomic mass is 10.1. The Morgan fingerprint density at radius 1 is 1.04 bits per heavy atom. The third-order valence-electron chi connectivity index (χ3n) is 3.51. The first-order valence-electron chi connectivity index (χ1n) is 7.73. The summed E-state index contributed by atoms with van der Waals surface area (Å²) in [4.78, 5) is 2.58. The second-order valence-corrected chi connectivity index (χ2v) is 7.10. The third-order valence-corrected chi connectivity index (χ3v) is 4.73. The highest BCUT2D eigenvalue weighted by Gasteiger charge is 2.13. The van der Waals surface area contributed by atoms with E-state index in [4.69, 9.17) is 0 Å². The first-order chi connectivity index (χ1) is 11.0. The van der Waals surface area contributed by atoms with E-state index in [9.17, 15) is 8.42 Å². The number of rotatable bonds is 7. The number of hydrogen-bond donors (Lipinski definition) is 1. The number of aryl methyl sites for hydroxylation is 1. The number of nitrogens with zero attached hydrogens (tertiary/aromatic N) is 1.